The molecule has 0 saturated carbocycles. The zero-order valence-corrected chi connectivity index (χ0v) is 23.3. The predicted octanol–water partition coefficient (Wildman–Crippen LogP) is 6.79. The van der Waals surface area contributed by atoms with E-state index < -0.39 is 0 Å². The average Bonchev–Trinajstić information content (AvgIpc) is 3.26. The molecule has 0 unspecified atom stereocenters. The van der Waals surface area contributed by atoms with E-state index in [0.717, 1.165) is 70.8 Å². The number of hydrogen-bond donors (Lipinski definition) is 0. The zero-order chi connectivity index (χ0) is 27.6. The van der Waals surface area contributed by atoms with Gasteiger partial charge in [-0.1, -0.05) is 74.0 Å². The average molecular weight is 518 g/mol. The molecule has 5 heteroatoms. The third kappa shape index (κ3) is 5.52. The lowest BCUT2D eigenvalue weighted by atomic mass is 9.96. The number of nitriles is 1. The Bertz CT molecular complexity index is 1610. The summed E-state index contributed by atoms with van der Waals surface area (Å²) in [5, 5.41) is 9.49. The van der Waals surface area contributed by atoms with Crippen molar-refractivity contribution in [1.29, 1.82) is 5.26 Å². The van der Waals surface area contributed by atoms with Crippen molar-refractivity contribution in [2.75, 3.05) is 0 Å². The summed E-state index contributed by atoms with van der Waals surface area (Å²) in [5.41, 5.74) is 7.22. The number of para-hydroxylation sites is 1. The highest BCUT2D eigenvalue weighted by atomic mass is 16.5. The van der Waals surface area contributed by atoms with Gasteiger partial charge in [0.15, 0.2) is 0 Å². The summed E-state index contributed by atoms with van der Waals surface area (Å²) in [6.45, 7) is 8.71. The summed E-state index contributed by atoms with van der Waals surface area (Å²) < 4.78 is 8.09. The van der Waals surface area contributed by atoms with E-state index in [4.69, 9.17) is 9.72 Å². The number of ether oxygens (including phenoxy) is 1. The number of aryl methyl sites for hydroxylation is 2. The molecule has 5 rings (SSSR count). The molecule has 3 aromatic carbocycles. The molecule has 0 atom stereocenters. The van der Waals surface area contributed by atoms with Crippen LogP contribution in [0.5, 0.6) is 5.75 Å². The normalized spacial score (nSPS) is 13.5. The highest BCUT2D eigenvalue weighted by Crippen LogP contribution is 2.38. The molecular formula is C34H35N3O2. The summed E-state index contributed by atoms with van der Waals surface area (Å²) >= 11 is 0. The maximum Gasteiger partial charge on any atom is 0.257 e. The van der Waals surface area contributed by atoms with Gasteiger partial charge in [0.25, 0.3) is 5.56 Å². The third-order valence-electron chi connectivity index (χ3n) is 7.50. The van der Waals surface area contributed by atoms with Gasteiger partial charge >= 0.3 is 0 Å². The van der Waals surface area contributed by atoms with Crippen LogP contribution in [0.1, 0.15) is 72.9 Å². The zero-order valence-electron chi connectivity index (χ0n) is 23.3. The molecule has 1 aromatic heterocycles. The maximum absolute atomic E-state index is 14.0. The van der Waals surface area contributed by atoms with Gasteiger partial charge in [-0.05, 0) is 61.9 Å². The monoisotopic (exact) mass is 517 g/mol. The Morgan fingerprint density at radius 1 is 1.05 bits per heavy atom. The predicted molar refractivity (Wildman–Crippen MR) is 155 cm³/mol. The second kappa shape index (κ2) is 10.9. The quantitative estimate of drug-likeness (QED) is 0.258. The highest BCUT2D eigenvalue weighted by Gasteiger charge is 2.31. The molecule has 198 valence electrons. The largest absolute Gasteiger partial charge is 0.487 e. The van der Waals surface area contributed by atoms with Crippen molar-refractivity contribution in [2.24, 2.45) is 0 Å². The topological polar surface area (TPSA) is 67.9 Å². The summed E-state index contributed by atoms with van der Waals surface area (Å²) in [6, 6.07) is 24.3. The molecule has 0 aliphatic carbocycles. The van der Waals surface area contributed by atoms with Crippen molar-refractivity contribution in [2.45, 2.75) is 71.9 Å². The van der Waals surface area contributed by atoms with Crippen LogP contribution in [-0.4, -0.2) is 15.2 Å². The van der Waals surface area contributed by atoms with E-state index >= 15 is 0 Å². The number of hydrogen-bond acceptors (Lipinski definition) is 4. The molecule has 0 spiro atoms. The minimum Gasteiger partial charge on any atom is -0.487 e. The molecular weight excluding hydrogens is 482 g/mol. The van der Waals surface area contributed by atoms with E-state index in [1.54, 1.807) is 4.57 Å². The first-order valence-corrected chi connectivity index (χ1v) is 13.8. The van der Waals surface area contributed by atoms with Crippen LogP contribution >= 0.6 is 0 Å². The van der Waals surface area contributed by atoms with Gasteiger partial charge in [-0.2, -0.15) is 5.26 Å². The fourth-order valence-electron chi connectivity index (χ4n) is 5.48. The number of aromatic nitrogens is 2. The van der Waals surface area contributed by atoms with Crippen LogP contribution in [0.15, 0.2) is 71.5 Å². The molecule has 0 fully saturated rings. The van der Waals surface area contributed by atoms with Crippen LogP contribution in [0, 0.1) is 18.3 Å². The van der Waals surface area contributed by atoms with Crippen LogP contribution in [0.2, 0.25) is 0 Å². The van der Waals surface area contributed by atoms with E-state index in [9.17, 15) is 10.1 Å². The maximum atomic E-state index is 14.0. The number of fused-ring (bicyclic) bond motifs is 1. The number of benzene rings is 3. The molecule has 5 nitrogen and oxygen atoms in total. The van der Waals surface area contributed by atoms with Gasteiger partial charge < -0.3 is 4.74 Å². The molecule has 1 aliphatic rings. The van der Waals surface area contributed by atoms with E-state index in [1.807, 2.05) is 43.3 Å². The molecule has 1 aliphatic heterocycles. The van der Waals surface area contributed by atoms with Crippen molar-refractivity contribution >= 4 is 0 Å². The van der Waals surface area contributed by atoms with Gasteiger partial charge in [-0.25, -0.2) is 4.98 Å². The molecule has 4 aromatic rings. The molecule has 0 amide bonds. The lowest BCUT2D eigenvalue weighted by Gasteiger charge is -2.19. The molecule has 0 radical (unpaired) electrons. The number of rotatable bonds is 8. The van der Waals surface area contributed by atoms with Crippen molar-refractivity contribution < 1.29 is 4.74 Å². The minimum atomic E-state index is -0.244. The van der Waals surface area contributed by atoms with Gasteiger partial charge in [0.2, 0.25) is 0 Å². The van der Waals surface area contributed by atoms with Crippen molar-refractivity contribution in [3.05, 3.63) is 116 Å². The third-order valence-corrected chi connectivity index (χ3v) is 7.50. The first kappa shape index (κ1) is 26.4. The summed E-state index contributed by atoms with van der Waals surface area (Å²) in [7, 11) is 0. The van der Waals surface area contributed by atoms with E-state index in [1.165, 1.54) is 5.56 Å². The fourth-order valence-corrected chi connectivity index (χ4v) is 5.48. The van der Waals surface area contributed by atoms with Gasteiger partial charge in [0, 0.05) is 24.0 Å². The van der Waals surface area contributed by atoms with Crippen molar-refractivity contribution in [1.82, 2.24) is 9.55 Å². The molecule has 0 saturated heterocycles. The Hall–Kier alpha value is -4.17. The SMILES string of the molecule is CCCCc1nc(C)n(Cc2cccc3c2OC(C)(C)C3)c(=O)c1Cc1ccc(-c2ccccc2C#N)cc1. The minimum absolute atomic E-state index is 0.0161. The second-order valence-corrected chi connectivity index (χ2v) is 11.1. The fraction of sp³-hybridized carbons (Fsp3) is 0.324. The van der Waals surface area contributed by atoms with Crippen molar-refractivity contribution in [3.63, 3.8) is 0 Å². The smallest absolute Gasteiger partial charge is 0.257 e. The highest BCUT2D eigenvalue weighted by molar-refractivity contribution is 5.70. The summed E-state index contributed by atoms with van der Waals surface area (Å²) in [6.07, 6.45) is 4.19. The van der Waals surface area contributed by atoms with E-state index in [2.05, 4.69) is 57.2 Å². The second-order valence-electron chi connectivity index (χ2n) is 11.1. The van der Waals surface area contributed by atoms with E-state index in [-0.39, 0.29) is 11.2 Å². The summed E-state index contributed by atoms with van der Waals surface area (Å²) in [4.78, 5) is 19.0. The van der Waals surface area contributed by atoms with Gasteiger partial charge in [-0.3, -0.25) is 9.36 Å². The van der Waals surface area contributed by atoms with Crippen LogP contribution in [0.4, 0.5) is 0 Å². The van der Waals surface area contributed by atoms with Gasteiger partial charge in [-0.15, -0.1) is 0 Å². The Labute approximate surface area is 230 Å². The van der Waals surface area contributed by atoms with Crippen LogP contribution < -0.4 is 10.3 Å². The molecule has 0 N–H and O–H groups in total. The molecule has 39 heavy (non-hydrogen) atoms. The Balaban J connectivity index is 1.50. The standard InChI is InChI=1S/C34H35N3O2/c1-5-6-14-31-30(19-24-15-17-25(18-16-24)29-13-8-7-10-27(29)21-35)33(38)37(23(2)36-31)22-28-12-9-11-26-20-34(3,4)39-32(26)28/h7-13,15-18H,5-6,14,19-20,22H2,1-4H3. The van der Waals surface area contributed by atoms with Gasteiger partial charge in [0.05, 0.1) is 23.9 Å². The molecule has 0 bridgehead atoms. The first-order valence-electron chi connectivity index (χ1n) is 13.8. The van der Waals surface area contributed by atoms with Crippen LogP contribution in [-0.2, 0) is 25.8 Å². The van der Waals surface area contributed by atoms with Crippen LogP contribution in [0.25, 0.3) is 11.1 Å². The molecule has 2 heterocycles. The van der Waals surface area contributed by atoms with Crippen LogP contribution in [0.3, 0.4) is 0 Å². The first-order chi connectivity index (χ1) is 18.8. The Morgan fingerprint density at radius 3 is 2.56 bits per heavy atom. The number of nitrogens with zero attached hydrogens (tertiary/aromatic N) is 3. The Morgan fingerprint density at radius 2 is 1.82 bits per heavy atom. The van der Waals surface area contributed by atoms with E-state index in [0.29, 0.717) is 18.5 Å². The van der Waals surface area contributed by atoms with Crippen molar-refractivity contribution in [3.8, 4) is 22.9 Å². The number of unbranched alkanes of at least 4 members (excludes halogenated alkanes) is 1. The summed E-state index contributed by atoms with van der Waals surface area (Å²) in [5.74, 6) is 1.63. The lowest BCUT2D eigenvalue weighted by molar-refractivity contribution is 0.137. The lowest BCUT2D eigenvalue weighted by Crippen LogP contribution is -2.30. The van der Waals surface area contributed by atoms with Gasteiger partial charge in [0.1, 0.15) is 17.2 Å². The Kier molecular flexibility index (Phi) is 7.39.